The highest BCUT2D eigenvalue weighted by Crippen LogP contribution is 2.37. The van der Waals surface area contributed by atoms with Crippen LogP contribution in [0.4, 0.5) is 5.69 Å². The van der Waals surface area contributed by atoms with E-state index in [1.165, 1.54) is 6.92 Å². The van der Waals surface area contributed by atoms with Crippen LogP contribution in [0.5, 0.6) is 0 Å². The number of hydrogen-bond acceptors (Lipinski definition) is 5. The van der Waals surface area contributed by atoms with E-state index in [-0.39, 0.29) is 29.3 Å². The zero-order valence-corrected chi connectivity index (χ0v) is 20.9. The molecule has 2 aromatic heterocycles. The number of rotatable bonds is 5. The summed E-state index contributed by atoms with van der Waals surface area (Å²) in [6, 6.07) is 12.4. The molecule has 1 aliphatic rings. The Morgan fingerprint density at radius 1 is 1.17 bits per heavy atom. The zero-order valence-electron chi connectivity index (χ0n) is 20.1. The highest BCUT2D eigenvalue weighted by Gasteiger charge is 2.28. The maximum absolute atomic E-state index is 13.6. The van der Waals surface area contributed by atoms with Crippen LogP contribution in [0.25, 0.3) is 21.8 Å². The summed E-state index contributed by atoms with van der Waals surface area (Å²) in [5.74, 6) is 0.308. The fourth-order valence-electron chi connectivity index (χ4n) is 5.30. The van der Waals surface area contributed by atoms with E-state index in [4.69, 9.17) is 16.1 Å². The van der Waals surface area contributed by atoms with Crippen LogP contribution in [0.1, 0.15) is 54.8 Å². The predicted molar refractivity (Wildman–Crippen MR) is 140 cm³/mol. The van der Waals surface area contributed by atoms with Gasteiger partial charge < -0.3 is 19.7 Å². The number of aromatic nitrogens is 2. The van der Waals surface area contributed by atoms with Crippen LogP contribution in [0.15, 0.2) is 51.8 Å². The van der Waals surface area contributed by atoms with E-state index in [2.05, 4.69) is 15.8 Å². The van der Waals surface area contributed by atoms with Crippen LogP contribution in [0, 0.1) is 12.8 Å². The first-order valence-corrected chi connectivity index (χ1v) is 12.5. The number of aryl methyl sites for hydroxylation is 1. The molecule has 1 fully saturated rings. The molecule has 2 amide bonds. The minimum atomic E-state index is -0.194. The van der Waals surface area contributed by atoms with Crippen molar-refractivity contribution < 1.29 is 14.1 Å². The molecule has 0 aliphatic heterocycles. The lowest BCUT2D eigenvalue weighted by Crippen LogP contribution is -2.34. The molecule has 1 saturated carbocycles. The quantitative estimate of drug-likeness (QED) is 0.386. The van der Waals surface area contributed by atoms with Gasteiger partial charge in [-0.25, -0.2) is 0 Å². The van der Waals surface area contributed by atoms with Gasteiger partial charge in [-0.1, -0.05) is 35.3 Å². The minimum Gasteiger partial charge on any atom is -0.360 e. The minimum absolute atomic E-state index is 0.0316. The van der Waals surface area contributed by atoms with Gasteiger partial charge >= 0.3 is 0 Å². The Morgan fingerprint density at radius 2 is 1.97 bits per heavy atom. The smallest absolute Gasteiger partial charge is 0.264 e. The van der Waals surface area contributed by atoms with E-state index in [0.717, 1.165) is 36.6 Å². The number of anilines is 1. The topological polar surface area (TPSA) is 106 Å². The summed E-state index contributed by atoms with van der Waals surface area (Å²) in [4.78, 5) is 37.7. The number of benzene rings is 2. The summed E-state index contributed by atoms with van der Waals surface area (Å²) < 4.78 is 7.21. The number of fused-ring (bicyclic) bond motifs is 3. The van der Waals surface area contributed by atoms with Crippen molar-refractivity contribution >= 4 is 50.9 Å². The number of carbonyl (C=O) groups excluding carboxylic acids is 2. The fraction of sp³-hybridized carbons (Fsp3) is 0.333. The molecule has 0 bridgehead atoms. The van der Waals surface area contributed by atoms with Gasteiger partial charge in [-0.2, -0.15) is 0 Å². The van der Waals surface area contributed by atoms with Gasteiger partial charge in [-0.05, 0) is 62.4 Å². The molecule has 5 rings (SSSR count). The van der Waals surface area contributed by atoms with Crippen LogP contribution < -0.4 is 16.2 Å². The van der Waals surface area contributed by atoms with Crippen LogP contribution in [0.2, 0.25) is 5.02 Å². The van der Waals surface area contributed by atoms with Gasteiger partial charge in [-0.3, -0.25) is 14.4 Å². The van der Waals surface area contributed by atoms with Crippen molar-refractivity contribution in [3.8, 4) is 0 Å². The third-order valence-electron chi connectivity index (χ3n) is 6.90. The summed E-state index contributed by atoms with van der Waals surface area (Å²) in [6.07, 6.45) is 3.52. The van der Waals surface area contributed by atoms with E-state index in [9.17, 15) is 14.4 Å². The van der Waals surface area contributed by atoms with Crippen LogP contribution in [-0.2, 0) is 4.79 Å². The first-order chi connectivity index (χ1) is 17.3. The number of carbonyl (C=O) groups is 2. The third-order valence-corrected chi connectivity index (χ3v) is 7.22. The first-order valence-electron chi connectivity index (χ1n) is 12.1. The van der Waals surface area contributed by atoms with Crippen LogP contribution >= 0.6 is 11.6 Å². The second kappa shape index (κ2) is 9.78. The molecule has 36 heavy (non-hydrogen) atoms. The van der Waals surface area contributed by atoms with Gasteiger partial charge in [0.15, 0.2) is 0 Å². The van der Waals surface area contributed by atoms with Gasteiger partial charge in [0.25, 0.3) is 11.5 Å². The molecule has 2 aromatic carbocycles. The Labute approximate surface area is 212 Å². The molecule has 2 N–H and O–H groups in total. The lowest BCUT2D eigenvalue weighted by Gasteiger charge is -2.31. The molecule has 1 aliphatic carbocycles. The van der Waals surface area contributed by atoms with Crippen molar-refractivity contribution in [1.29, 1.82) is 0 Å². The van der Waals surface area contributed by atoms with Crippen LogP contribution in [0.3, 0.4) is 0 Å². The lowest BCUT2D eigenvalue weighted by molar-refractivity contribution is -0.114. The molecule has 8 nitrogen and oxygen atoms in total. The van der Waals surface area contributed by atoms with Crippen LogP contribution in [-0.4, -0.2) is 28.1 Å². The predicted octanol–water partition coefficient (Wildman–Crippen LogP) is 5.22. The Hall–Kier alpha value is -3.65. The zero-order chi connectivity index (χ0) is 25.4. The van der Waals surface area contributed by atoms with E-state index < -0.39 is 0 Å². The number of nitrogens with zero attached hydrogens (tertiary/aromatic N) is 2. The molecule has 0 spiro atoms. The molecule has 0 saturated heterocycles. The molecule has 2 heterocycles. The highest BCUT2D eigenvalue weighted by atomic mass is 35.5. The Bertz CT molecular complexity index is 1540. The van der Waals surface area contributed by atoms with Gasteiger partial charge in [0, 0.05) is 36.1 Å². The average Bonchev–Trinajstić information content (AvgIpc) is 3.24. The summed E-state index contributed by atoms with van der Waals surface area (Å²) in [5, 5.41) is 11.6. The molecular weight excluding hydrogens is 480 g/mol. The second-order valence-electron chi connectivity index (χ2n) is 9.43. The standard InChI is InChI=1S/C27H27ClN4O4/c1-15-23-25(31-36-15)24-21(28)10-5-11-22(24)32(27(23)35)20-9-3-6-17(12-20)14-29-26(34)18-7-4-8-19(13-18)30-16(2)33/h4-5,7-8,10-11,13,17,20H,3,6,9,12,14H2,1-2H3,(H,29,34)(H,30,33). The van der Waals surface area contributed by atoms with Gasteiger partial charge in [0.1, 0.15) is 16.7 Å². The van der Waals surface area contributed by atoms with E-state index in [0.29, 0.717) is 39.5 Å². The van der Waals surface area contributed by atoms with Crippen molar-refractivity contribution in [2.75, 3.05) is 11.9 Å². The largest absolute Gasteiger partial charge is 0.360 e. The molecule has 9 heteroatoms. The fourth-order valence-corrected chi connectivity index (χ4v) is 5.56. The van der Waals surface area contributed by atoms with Gasteiger partial charge in [0.2, 0.25) is 5.91 Å². The molecule has 2 atom stereocenters. The third kappa shape index (κ3) is 4.48. The molecule has 0 radical (unpaired) electrons. The number of hydrogen-bond donors (Lipinski definition) is 2. The molecular formula is C27H27ClN4O4. The monoisotopic (exact) mass is 506 g/mol. The van der Waals surface area contributed by atoms with Crippen molar-refractivity contribution in [3.05, 3.63) is 69.2 Å². The van der Waals surface area contributed by atoms with Crippen molar-refractivity contribution in [3.63, 3.8) is 0 Å². The number of amides is 2. The molecule has 4 aromatic rings. The Balaban J connectivity index is 1.38. The summed E-state index contributed by atoms with van der Waals surface area (Å²) in [7, 11) is 0. The highest BCUT2D eigenvalue weighted by molar-refractivity contribution is 6.37. The average molecular weight is 507 g/mol. The maximum Gasteiger partial charge on any atom is 0.264 e. The normalized spacial score (nSPS) is 17.9. The number of nitrogens with one attached hydrogen (secondary N) is 2. The van der Waals surface area contributed by atoms with E-state index in [1.807, 2.05) is 16.7 Å². The molecule has 2 unspecified atom stereocenters. The van der Waals surface area contributed by atoms with E-state index >= 15 is 0 Å². The van der Waals surface area contributed by atoms with E-state index in [1.54, 1.807) is 37.3 Å². The van der Waals surface area contributed by atoms with Crippen molar-refractivity contribution in [2.45, 2.75) is 45.6 Å². The summed E-state index contributed by atoms with van der Waals surface area (Å²) in [5.41, 5.74) is 2.19. The summed E-state index contributed by atoms with van der Waals surface area (Å²) in [6.45, 7) is 3.67. The van der Waals surface area contributed by atoms with Gasteiger partial charge in [-0.15, -0.1) is 0 Å². The molecule has 186 valence electrons. The van der Waals surface area contributed by atoms with Gasteiger partial charge in [0.05, 0.1) is 10.5 Å². The Kier molecular flexibility index (Phi) is 6.53. The van der Waals surface area contributed by atoms with Crippen molar-refractivity contribution in [1.82, 2.24) is 15.0 Å². The summed E-state index contributed by atoms with van der Waals surface area (Å²) >= 11 is 6.55. The SMILES string of the molecule is CC(=O)Nc1cccc(C(=O)NCC2CCCC(n3c(=O)c4c(C)onc4c4c(Cl)cccc43)C2)c1. The maximum atomic E-state index is 13.6. The lowest BCUT2D eigenvalue weighted by atomic mass is 9.85. The number of halogens is 1. The van der Waals surface area contributed by atoms with Crippen molar-refractivity contribution in [2.24, 2.45) is 5.92 Å². The second-order valence-corrected chi connectivity index (χ2v) is 9.84. The number of pyridine rings is 1. The first kappa shape index (κ1) is 24.1. The Morgan fingerprint density at radius 3 is 2.78 bits per heavy atom.